The molecule has 148 valence electrons. The van der Waals surface area contributed by atoms with E-state index in [9.17, 15) is 4.79 Å². The van der Waals surface area contributed by atoms with Gasteiger partial charge in [-0.15, -0.1) is 20.4 Å². The summed E-state index contributed by atoms with van der Waals surface area (Å²) in [6, 6.07) is 8.18. The number of thioether (sulfide) groups is 1. The van der Waals surface area contributed by atoms with Gasteiger partial charge in [0.1, 0.15) is 5.01 Å². The minimum Gasteiger partial charge on any atom is -0.378 e. The summed E-state index contributed by atoms with van der Waals surface area (Å²) in [5.74, 6) is 0.900. The first-order valence-corrected chi connectivity index (χ1v) is 10.8. The van der Waals surface area contributed by atoms with Crippen LogP contribution < -0.4 is 10.2 Å². The van der Waals surface area contributed by atoms with E-state index >= 15 is 0 Å². The molecule has 0 aliphatic heterocycles. The van der Waals surface area contributed by atoms with Crippen molar-refractivity contribution in [2.45, 2.75) is 32.0 Å². The molecule has 2 heterocycles. The fraction of sp³-hybridized carbons (Fsp3) is 0.389. The number of benzene rings is 1. The maximum Gasteiger partial charge on any atom is 0.236 e. The molecular weight excluding hydrogens is 394 g/mol. The number of nitrogens with one attached hydrogen (secondary N) is 1. The van der Waals surface area contributed by atoms with Gasteiger partial charge in [0.15, 0.2) is 11.0 Å². The van der Waals surface area contributed by atoms with Gasteiger partial charge in [0.2, 0.25) is 11.0 Å². The fourth-order valence-corrected chi connectivity index (χ4v) is 4.03. The number of nitrogens with zero attached hydrogens (tertiary/aromatic N) is 6. The van der Waals surface area contributed by atoms with E-state index < -0.39 is 0 Å². The predicted molar refractivity (Wildman–Crippen MR) is 114 cm³/mol. The van der Waals surface area contributed by atoms with Gasteiger partial charge in [-0.25, -0.2) is 0 Å². The molecule has 0 unspecified atom stereocenters. The second-order valence-corrected chi connectivity index (χ2v) is 8.19. The monoisotopic (exact) mass is 417 g/mol. The largest absolute Gasteiger partial charge is 0.378 e. The van der Waals surface area contributed by atoms with Crippen molar-refractivity contribution in [1.82, 2.24) is 25.0 Å². The van der Waals surface area contributed by atoms with Gasteiger partial charge in [0.05, 0.1) is 5.75 Å². The second-order valence-electron chi connectivity index (χ2n) is 6.18. The smallest absolute Gasteiger partial charge is 0.236 e. The Hall–Kier alpha value is -2.46. The summed E-state index contributed by atoms with van der Waals surface area (Å²) in [5, 5.41) is 21.5. The van der Waals surface area contributed by atoms with Crippen molar-refractivity contribution in [1.29, 1.82) is 0 Å². The van der Waals surface area contributed by atoms with Crippen LogP contribution in [0, 0.1) is 0 Å². The van der Waals surface area contributed by atoms with Crippen molar-refractivity contribution in [2.24, 2.45) is 0 Å². The maximum absolute atomic E-state index is 12.2. The molecular formula is C18H23N7OS2. The van der Waals surface area contributed by atoms with Crippen molar-refractivity contribution < 1.29 is 4.79 Å². The number of hydrogen-bond acceptors (Lipinski definition) is 8. The molecule has 28 heavy (non-hydrogen) atoms. The number of aryl methyl sites for hydroxylation is 1. The minimum atomic E-state index is -0.133. The number of carbonyl (C=O) groups excluding carboxylic acids is 1. The van der Waals surface area contributed by atoms with Crippen LogP contribution in [0.3, 0.4) is 0 Å². The Morgan fingerprint density at radius 3 is 2.50 bits per heavy atom. The van der Waals surface area contributed by atoms with Gasteiger partial charge in [-0.2, -0.15) is 0 Å². The first kappa shape index (κ1) is 20.3. The average molecular weight is 418 g/mol. The van der Waals surface area contributed by atoms with Crippen molar-refractivity contribution in [3.63, 3.8) is 0 Å². The Bertz CT molecular complexity index is 934. The Balaban J connectivity index is 1.67. The van der Waals surface area contributed by atoms with Crippen molar-refractivity contribution in [3.05, 3.63) is 29.3 Å². The molecule has 2 aromatic heterocycles. The average Bonchev–Trinajstić information content (AvgIpc) is 3.32. The first-order valence-electron chi connectivity index (χ1n) is 8.97. The topological polar surface area (TPSA) is 88.8 Å². The Morgan fingerprint density at radius 1 is 1.14 bits per heavy atom. The van der Waals surface area contributed by atoms with E-state index in [0.717, 1.165) is 40.2 Å². The molecule has 10 heteroatoms. The van der Waals surface area contributed by atoms with Crippen LogP contribution in [0.5, 0.6) is 0 Å². The van der Waals surface area contributed by atoms with Crippen LogP contribution >= 0.6 is 23.1 Å². The zero-order valence-corrected chi connectivity index (χ0v) is 18.0. The standard InChI is InChI=1S/C18H23N7OS2/c1-5-15-20-22-17(28-15)19-14(26)11-27-18-23-21-16(25(18)6-2)12-7-9-13(10-8-12)24(3)4/h7-10H,5-6,11H2,1-4H3,(H,19,22,26). The van der Waals surface area contributed by atoms with Crippen LogP contribution in [0.25, 0.3) is 11.4 Å². The Kier molecular flexibility index (Phi) is 6.63. The SMILES string of the molecule is CCc1nnc(NC(=O)CSc2nnc(-c3ccc(N(C)C)cc3)n2CC)s1. The number of anilines is 2. The van der Waals surface area contributed by atoms with E-state index in [1.807, 2.05) is 44.6 Å². The van der Waals surface area contributed by atoms with E-state index in [4.69, 9.17) is 0 Å². The fourth-order valence-electron chi connectivity index (χ4n) is 2.54. The van der Waals surface area contributed by atoms with Crippen LogP contribution in [0.1, 0.15) is 18.9 Å². The van der Waals surface area contributed by atoms with E-state index in [2.05, 4.69) is 42.7 Å². The lowest BCUT2D eigenvalue weighted by molar-refractivity contribution is -0.113. The van der Waals surface area contributed by atoms with Crippen molar-refractivity contribution in [3.8, 4) is 11.4 Å². The molecule has 0 aliphatic carbocycles. The minimum absolute atomic E-state index is 0.133. The third-order valence-corrected chi connectivity index (χ3v) is 5.97. The summed E-state index contributed by atoms with van der Waals surface area (Å²) in [4.78, 5) is 14.3. The molecule has 1 amide bonds. The van der Waals surface area contributed by atoms with Gasteiger partial charge >= 0.3 is 0 Å². The quantitative estimate of drug-likeness (QED) is 0.563. The van der Waals surface area contributed by atoms with Gasteiger partial charge in [-0.1, -0.05) is 30.0 Å². The highest BCUT2D eigenvalue weighted by Gasteiger charge is 2.15. The Morgan fingerprint density at radius 2 is 1.89 bits per heavy atom. The van der Waals surface area contributed by atoms with Gasteiger partial charge in [-0.3, -0.25) is 10.1 Å². The lowest BCUT2D eigenvalue weighted by atomic mass is 10.2. The number of amides is 1. The predicted octanol–water partition coefficient (Wildman–Crippen LogP) is 3.18. The van der Waals surface area contributed by atoms with E-state index in [-0.39, 0.29) is 11.7 Å². The number of carbonyl (C=O) groups is 1. The summed E-state index contributed by atoms with van der Waals surface area (Å²) >= 11 is 2.76. The molecule has 0 aliphatic rings. The van der Waals surface area contributed by atoms with Crippen LogP contribution in [-0.2, 0) is 17.8 Å². The van der Waals surface area contributed by atoms with Crippen molar-refractivity contribution in [2.75, 3.05) is 30.1 Å². The normalized spacial score (nSPS) is 10.9. The molecule has 1 N–H and O–H groups in total. The molecule has 8 nitrogen and oxygen atoms in total. The first-order chi connectivity index (χ1) is 13.5. The molecule has 3 rings (SSSR count). The highest BCUT2D eigenvalue weighted by Crippen LogP contribution is 2.26. The summed E-state index contributed by atoms with van der Waals surface area (Å²) < 4.78 is 2.02. The van der Waals surface area contributed by atoms with E-state index in [1.165, 1.54) is 23.1 Å². The van der Waals surface area contributed by atoms with Crippen LogP contribution in [-0.4, -0.2) is 50.7 Å². The number of hydrogen-bond donors (Lipinski definition) is 1. The zero-order valence-electron chi connectivity index (χ0n) is 16.3. The zero-order chi connectivity index (χ0) is 20.1. The van der Waals surface area contributed by atoms with Gasteiger partial charge in [0, 0.05) is 31.9 Å². The van der Waals surface area contributed by atoms with E-state index in [0.29, 0.717) is 5.13 Å². The lowest BCUT2D eigenvalue weighted by Gasteiger charge is -2.13. The molecule has 1 aromatic carbocycles. The summed E-state index contributed by atoms with van der Waals surface area (Å²) in [6.07, 6.45) is 0.806. The highest BCUT2D eigenvalue weighted by atomic mass is 32.2. The molecule has 0 spiro atoms. The second kappa shape index (κ2) is 9.16. The Labute approximate surface area is 172 Å². The lowest BCUT2D eigenvalue weighted by Crippen LogP contribution is -2.14. The molecule has 0 atom stereocenters. The third-order valence-electron chi connectivity index (χ3n) is 4.02. The molecule has 0 radical (unpaired) electrons. The molecule has 3 aromatic rings. The molecule has 0 bridgehead atoms. The molecule has 0 saturated carbocycles. The van der Waals surface area contributed by atoms with Crippen LogP contribution in [0.15, 0.2) is 29.4 Å². The van der Waals surface area contributed by atoms with Crippen molar-refractivity contribution >= 4 is 39.8 Å². The third kappa shape index (κ3) is 4.68. The summed E-state index contributed by atoms with van der Waals surface area (Å²) in [5.41, 5.74) is 2.12. The maximum atomic E-state index is 12.2. The number of rotatable bonds is 8. The van der Waals surface area contributed by atoms with Gasteiger partial charge in [0.25, 0.3) is 0 Å². The highest BCUT2D eigenvalue weighted by molar-refractivity contribution is 7.99. The van der Waals surface area contributed by atoms with Gasteiger partial charge in [-0.05, 0) is 37.6 Å². The van der Waals surface area contributed by atoms with Crippen LogP contribution in [0.4, 0.5) is 10.8 Å². The van der Waals surface area contributed by atoms with Gasteiger partial charge < -0.3 is 9.47 Å². The van der Waals surface area contributed by atoms with E-state index in [1.54, 1.807) is 0 Å². The summed E-state index contributed by atoms with van der Waals surface area (Å²) in [6.45, 7) is 4.77. The molecule has 0 saturated heterocycles. The summed E-state index contributed by atoms with van der Waals surface area (Å²) in [7, 11) is 4.02. The van der Waals surface area contributed by atoms with Crippen LogP contribution in [0.2, 0.25) is 0 Å². The molecule has 0 fully saturated rings. The number of aromatic nitrogens is 5.